The van der Waals surface area contributed by atoms with Crippen LogP contribution >= 0.6 is 0 Å². The Morgan fingerprint density at radius 3 is 2.91 bits per heavy atom. The third-order valence-corrected chi connectivity index (χ3v) is 6.51. The number of nitrogens with two attached hydrogens (primary N) is 1. The van der Waals surface area contributed by atoms with Gasteiger partial charge in [-0.25, -0.2) is 4.98 Å². The number of carbonyl (C=O) groups excluding carboxylic acids is 1. The third kappa shape index (κ3) is 5.06. The number of amides is 1. The Bertz CT molecular complexity index is 1290. The number of fused-ring (bicyclic) bond motifs is 2. The Morgan fingerprint density at radius 1 is 1.09 bits per heavy atom. The number of aryl methyl sites for hydroxylation is 1. The van der Waals surface area contributed by atoms with Crippen LogP contribution in [0.15, 0.2) is 90.0 Å². The highest BCUT2D eigenvalue weighted by atomic mass is 16.5. The Kier molecular flexibility index (Phi) is 6.07. The van der Waals surface area contributed by atoms with E-state index in [4.69, 9.17) is 15.5 Å². The minimum Gasteiger partial charge on any atom is -0.487 e. The molecule has 2 N–H and O–H groups in total. The van der Waals surface area contributed by atoms with Crippen LogP contribution in [0.3, 0.4) is 0 Å². The summed E-state index contributed by atoms with van der Waals surface area (Å²) in [5.74, 6) is 1.07. The molecule has 1 heterocycles. The van der Waals surface area contributed by atoms with Crippen LogP contribution in [0.5, 0.6) is 5.75 Å². The van der Waals surface area contributed by atoms with Crippen molar-refractivity contribution in [2.75, 3.05) is 0 Å². The van der Waals surface area contributed by atoms with Gasteiger partial charge in [0.25, 0.3) is 0 Å². The van der Waals surface area contributed by atoms with E-state index >= 15 is 0 Å². The highest BCUT2D eigenvalue weighted by Crippen LogP contribution is 2.33. The zero-order chi connectivity index (χ0) is 22.6. The molecule has 0 saturated carbocycles. The number of pyridine rings is 1. The smallest absolute Gasteiger partial charge is 0.248 e. The summed E-state index contributed by atoms with van der Waals surface area (Å²) >= 11 is 0. The predicted octanol–water partition coefficient (Wildman–Crippen LogP) is 5.61. The zero-order valence-electron chi connectivity index (χ0n) is 18.7. The average molecular weight is 437 g/mol. The van der Waals surface area contributed by atoms with Crippen LogP contribution < -0.4 is 10.5 Å². The van der Waals surface area contributed by atoms with Crippen molar-refractivity contribution in [3.63, 3.8) is 0 Å². The lowest BCUT2D eigenvalue weighted by atomic mass is 9.80. The fourth-order valence-electron chi connectivity index (χ4n) is 4.77. The molecular formula is C29H28N2O2. The number of aromatic nitrogens is 1. The van der Waals surface area contributed by atoms with Gasteiger partial charge in [-0.15, -0.1) is 0 Å². The van der Waals surface area contributed by atoms with Crippen molar-refractivity contribution in [1.29, 1.82) is 0 Å². The van der Waals surface area contributed by atoms with E-state index in [9.17, 15) is 4.79 Å². The first kappa shape index (κ1) is 21.2. The fraction of sp³-hybridized carbons (Fsp3) is 0.241. The van der Waals surface area contributed by atoms with Gasteiger partial charge in [0.15, 0.2) is 0 Å². The van der Waals surface area contributed by atoms with Gasteiger partial charge in [0.1, 0.15) is 12.4 Å². The largest absolute Gasteiger partial charge is 0.487 e. The molecule has 0 bridgehead atoms. The van der Waals surface area contributed by atoms with Gasteiger partial charge in [-0.2, -0.15) is 0 Å². The molecule has 0 fully saturated rings. The van der Waals surface area contributed by atoms with E-state index < -0.39 is 0 Å². The van der Waals surface area contributed by atoms with Crippen LogP contribution in [0.2, 0.25) is 0 Å². The second-order valence-electron chi connectivity index (χ2n) is 8.91. The first-order valence-corrected chi connectivity index (χ1v) is 11.6. The van der Waals surface area contributed by atoms with Crippen molar-refractivity contribution < 1.29 is 9.53 Å². The van der Waals surface area contributed by atoms with Gasteiger partial charge in [-0.1, -0.05) is 54.1 Å². The van der Waals surface area contributed by atoms with Gasteiger partial charge in [0, 0.05) is 11.0 Å². The summed E-state index contributed by atoms with van der Waals surface area (Å²) < 4.78 is 6.11. The molecule has 0 saturated heterocycles. The molecule has 33 heavy (non-hydrogen) atoms. The summed E-state index contributed by atoms with van der Waals surface area (Å²) in [6.07, 6.45) is 13.0. The molecule has 3 aromatic rings. The first-order valence-electron chi connectivity index (χ1n) is 11.6. The quantitative estimate of drug-likeness (QED) is 0.546. The number of allylic oxidation sites excluding steroid dienone is 4. The third-order valence-electron chi connectivity index (χ3n) is 6.51. The average Bonchev–Trinajstić information content (AvgIpc) is 3.08. The van der Waals surface area contributed by atoms with Gasteiger partial charge in [0.05, 0.1) is 11.2 Å². The number of benzene rings is 2. The number of nitrogens with zero attached hydrogens (tertiary/aromatic N) is 1. The number of hydrogen-bond donors (Lipinski definition) is 1. The molecule has 4 nitrogen and oxygen atoms in total. The lowest BCUT2D eigenvalue weighted by Gasteiger charge is -2.25. The first-order chi connectivity index (χ1) is 16.1. The van der Waals surface area contributed by atoms with Crippen molar-refractivity contribution in [1.82, 2.24) is 4.98 Å². The molecular weight excluding hydrogens is 408 g/mol. The van der Waals surface area contributed by atoms with Crippen molar-refractivity contribution in [3.05, 3.63) is 107 Å². The van der Waals surface area contributed by atoms with E-state index in [1.54, 1.807) is 0 Å². The summed E-state index contributed by atoms with van der Waals surface area (Å²) in [7, 11) is 0. The van der Waals surface area contributed by atoms with Crippen molar-refractivity contribution >= 4 is 16.8 Å². The standard InChI is InChI=1S/C29H28N2O2/c30-29(32)24-7-2-1-5-20(16-24)15-21-9-10-22-12-14-27(18-25(22)17-21)33-19-26-13-11-23-6-3-4-8-28(23)31-26/h2-8,11-14,16,18,21H,1,9-10,15,17,19H2,(H2,30,32). The van der Waals surface area contributed by atoms with Crippen LogP contribution in [-0.2, 0) is 24.2 Å². The summed E-state index contributed by atoms with van der Waals surface area (Å²) in [6.45, 7) is 0.452. The second-order valence-corrected chi connectivity index (χ2v) is 8.91. The minimum absolute atomic E-state index is 0.365. The van der Waals surface area contributed by atoms with E-state index in [1.165, 1.54) is 16.7 Å². The Hall–Kier alpha value is -3.66. The highest BCUT2D eigenvalue weighted by Gasteiger charge is 2.20. The van der Waals surface area contributed by atoms with Crippen molar-refractivity contribution in [3.8, 4) is 5.75 Å². The highest BCUT2D eigenvalue weighted by molar-refractivity contribution is 5.95. The van der Waals surface area contributed by atoms with Crippen molar-refractivity contribution in [2.24, 2.45) is 11.7 Å². The molecule has 2 aromatic carbocycles. The Balaban J connectivity index is 1.25. The van der Waals surface area contributed by atoms with Gasteiger partial charge in [-0.3, -0.25) is 4.79 Å². The SMILES string of the molecule is NC(=O)C1=CC(CC2CCc3ccc(OCc4ccc5ccccc5n4)cc3C2)=CCC=C1. The van der Waals surface area contributed by atoms with E-state index in [0.29, 0.717) is 18.1 Å². The molecule has 0 spiro atoms. The second kappa shape index (κ2) is 9.45. The van der Waals surface area contributed by atoms with Crippen LogP contribution in [0.1, 0.15) is 36.1 Å². The number of carbonyl (C=O) groups is 1. The molecule has 0 radical (unpaired) electrons. The number of hydrogen-bond acceptors (Lipinski definition) is 3. The van der Waals surface area contributed by atoms with E-state index in [1.807, 2.05) is 42.5 Å². The van der Waals surface area contributed by atoms with Gasteiger partial charge in [0.2, 0.25) is 5.91 Å². The molecule has 1 aromatic heterocycles. The summed E-state index contributed by atoms with van der Waals surface area (Å²) in [6, 6.07) is 18.7. The minimum atomic E-state index is -0.365. The monoisotopic (exact) mass is 436 g/mol. The normalized spacial score (nSPS) is 17.6. The number of rotatable bonds is 6. The molecule has 1 atom stereocenters. The Labute approximate surface area is 194 Å². The Morgan fingerprint density at radius 2 is 2.00 bits per heavy atom. The molecule has 2 aliphatic rings. The molecule has 1 amide bonds. The molecule has 0 aliphatic heterocycles. The maximum atomic E-state index is 11.6. The maximum absolute atomic E-state index is 11.6. The van der Waals surface area contributed by atoms with Gasteiger partial charge < -0.3 is 10.5 Å². The summed E-state index contributed by atoms with van der Waals surface area (Å²) in [4.78, 5) is 16.3. The van der Waals surface area contributed by atoms with Crippen molar-refractivity contribution in [2.45, 2.75) is 38.7 Å². The zero-order valence-corrected chi connectivity index (χ0v) is 18.7. The van der Waals surface area contributed by atoms with Gasteiger partial charge >= 0.3 is 0 Å². The molecule has 5 rings (SSSR count). The number of primary amides is 1. The van der Waals surface area contributed by atoms with E-state index in [0.717, 1.165) is 54.5 Å². The van der Waals surface area contributed by atoms with Crippen LogP contribution in [-0.4, -0.2) is 10.9 Å². The predicted molar refractivity (Wildman–Crippen MR) is 132 cm³/mol. The fourth-order valence-corrected chi connectivity index (χ4v) is 4.77. The molecule has 166 valence electrons. The van der Waals surface area contributed by atoms with E-state index in [2.05, 4.69) is 36.4 Å². The lowest BCUT2D eigenvalue weighted by molar-refractivity contribution is -0.114. The van der Waals surface area contributed by atoms with Crippen LogP contribution in [0.25, 0.3) is 10.9 Å². The van der Waals surface area contributed by atoms with Gasteiger partial charge in [-0.05, 0) is 79.5 Å². The topological polar surface area (TPSA) is 65.2 Å². The molecule has 2 aliphatic carbocycles. The summed E-state index contributed by atoms with van der Waals surface area (Å²) in [5, 5.41) is 1.14. The maximum Gasteiger partial charge on any atom is 0.248 e. The van der Waals surface area contributed by atoms with E-state index in [-0.39, 0.29) is 5.91 Å². The number of para-hydroxylation sites is 1. The lowest BCUT2D eigenvalue weighted by Crippen LogP contribution is -2.16. The number of ether oxygens (including phenoxy) is 1. The van der Waals surface area contributed by atoms with Crippen LogP contribution in [0, 0.1) is 5.92 Å². The molecule has 1 unspecified atom stereocenters. The summed E-state index contributed by atoms with van der Waals surface area (Å²) in [5.41, 5.74) is 12.0. The molecule has 4 heteroatoms. The van der Waals surface area contributed by atoms with Crippen LogP contribution in [0.4, 0.5) is 0 Å².